The Balaban J connectivity index is 1.89. The molecule has 0 amide bonds. The van der Waals surface area contributed by atoms with Crippen molar-refractivity contribution in [1.29, 1.82) is 0 Å². The Labute approximate surface area is 182 Å². The van der Waals surface area contributed by atoms with Crippen LogP contribution in [0.5, 0.6) is 0 Å². The quantitative estimate of drug-likeness (QED) is 0.147. The van der Waals surface area contributed by atoms with E-state index in [4.69, 9.17) is 14.2 Å². The van der Waals surface area contributed by atoms with Crippen molar-refractivity contribution < 1.29 is 50.0 Å². The van der Waals surface area contributed by atoms with E-state index in [9.17, 15) is 35.7 Å². The lowest BCUT2D eigenvalue weighted by Crippen LogP contribution is -2.66. The van der Waals surface area contributed by atoms with Gasteiger partial charge in [0.05, 0.1) is 19.3 Å². The minimum atomic E-state index is -1.68. The molecule has 2 fully saturated rings. The van der Waals surface area contributed by atoms with Gasteiger partial charge < -0.3 is 55.3 Å². The van der Waals surface area contributed by atoms with Crippen LogP contribution in [0.1, 0.15) is 45.4 Å². The van der Waals surface area contributed by atoms with Gasteiger partial charge in [-0.2, -0.15) is 0 Å². The van der Waals surface area contributed by atoms with Gasteiger partial charge in [-0.25, -0.2) is 0 Å². The predicted octanol–water partition coefficient (Wildman–Crippen LogP) is -2.44. The highest BCUT2D eigenvalue weighted by Crippen LogP contribution is 2.28. The van der Waals surface area contributed by atoms with Crippen molar-refractivity contribution in [2.24, 2.45) is 0 Å². The summed E-state index contributed by atoms with van der Waals surface area (Å²) in [5.74, 6) is 0. The Morgan fingerprint density at radius 2 is 1.23 bits per heavy atom. The highest BCUT2D eigenvalue weighted by Gasteiger charge is 2.49. The Bertz CT molecular complexity index is 497. The average Bonchev–Trinajstić information content (AvgIpc) is 2.77. The number of hydrogen-bond donors (Lipinski definition) is 8. The number of aliphatic hydroxyl groups is 7. The second-order valence-corrected chi connectivity index (χ2v) is 8.29. The third kappa shape index (κ3) is 7.02. The molecule has 0 aromatic carbocycles. The van der Waals surface area contributed by atoms with E-state index in [0.717, 1.165) is 19.3 Å². The maximum Gasteiger partial charge on any atom is 0.189 e. The van der Waals surface area contributed by atoms with E-state index >= 15 is 0 Å². The Morgan fingerprint density at radius 1 is 0.677 bits per heavy atom. The molecule has 5 unspecified atom stereocenters. The summed E-state index contributed by atoms with van der Waals surface area (Å²) in [6, 6.07) is -0.731. The maximum atomic E-state index is 10.6. The fraction of sp³-hybridized carbons (Fsp3) is 1.00. The Kier molecular flexibility index (Phi) is 11.5. The number of hydrogen-bond acceptors (Lipinski definition) is 11. The summed E-state index contributed by atoms with van der Waals surface area (Å²) in [5.41, 5.74) is 0. The normalized spacial score (nSPS) is 41.4. The molecule has 11 heteroatoms. The number of aliphatic hydroxyl groups excluding tert-OH is 7. The molecule has 10 atom stereocenters. The van der Waals surface area contributed by atoms with Gasteiger partial charge in [0.2, 0.25) is 0 Å². The molecule has 0 aliphatic carbocycles. The van der Waals surface area contributed by atoms with E-state index in [1.165, 1.54) is 19.3 Å². The molecule has 0 bridgehead atoms. The van der Waals surface area contributed by atoms with Crippen LogP contribution >= 0.6 is 0 Å². The largest absolute Gasteiger partial charge is 0.394 e. The fourth-order valence-corrected chi connectivity index (χ4v) is 3.94. The van der Waals surface area contributed by atoms with E-state index in [1.807, 2.05) is 0 Å². The van der Waals surface area contributed by atoms with Crippen LogP contribution < -0.4 is 5.32 Å². The van der Waals surface area contributed by atoms with E-state index < -0.39 is 74.6 Å². The summed E-state index contributed by atoms with van der Waals surface area (Å²) >= 11 is 0. The fourth-order valence-electron chi connectivity index (χ4n) is 3.94. The van der Waals surface area contributed by atoms with Crippen molar-refractivity contribution in [3.8, 4) is 0 Å². The molecule has 11 nitrogen and oxygen atoms in total. The molecule has 0 aromatic rings. The topological polar surface area (TPSA) is 181 Å². The molecule has 8 N–H and O–H groups in total. The number of nitrogens with one attached hydrogen (secondary N) is 1. The minimum Gasteiger partial charge on any atom is -0.394 e. The third-order valence-electron chi connectivity index (χ3n) is 5.91. The van der Waals surface area contributed by atoms with Gasteiger partial charge in [-0.3, -0.25) is 0 Å². The first-order chi connectivity index (χ1) is 14.8. The van der Waals surface area contributed by atoms with Gasteiger partial charge in [-0.1, -0.05) is 39.0 Å². The van der Waals surface area contributed by atoms with Crippen LogP contribution in [0.15, 0.2) is 0 Å². The zero-order chi connectivity index (χ0) is 23.0. The summed E-state index contributed by atoms with van der Waals surface area (Å²) in [6.45, 7) is 1.65. The van der Waals surface area contributed by atoms with Crippen LogP contribution in [-0.4, -0.2) is 117 Å². The van der Waals surface area contributed by atoms with Gasteiger partial charge in [0, 0.05) is 0 Å². The van der Waals surface area contributed by atoms with Crippen molar-refractivity contribution in [2.75, 3.05) is 19.8 Å². The molecular weight excluding hydrogens is 414 g/mol. The van der Waals surface area contributed by atoms with Crippen LogP contribution in [0.2, 0.25) is 0 Å². The van der Waals surface area contributed by atoms with Crippen molar-refractivity contribution in [3.63, 3.8) is 0 Å². The summed E-state index contributed by atoms with van der Waals surface area (Å²) in [6.07, 6.45) is -6.23. The van der Waals surface area contributed by atoms with Crippen LogP contribution in [0.4, 0.5) is 0 Å². The lowest BCUT2D eigenvalue weighted by molar-refractivity contribution is -0.370. The molecular formula is C20H39NO10. The van der Waals surface area contributed by atoms with E-state index in [2.05, 4.69) is 12.2 Å². The molecule has 2 aliphatic rings. The summed E-state index contributed by atoms with van der Waals surface area (Å²) in [5, 5.41) is 72.9. The smallest absolute Gasteiger partial charge is 0.189 e. The average molecular weight is 454 g/mol. The second-order valence-electron chi connectivity index (χ2n) is 8.29. The van der Waals surface area contributed by atoms with Gasteiger partial charge in [-0.05, 0) is 13.0 Å². The van der Waals surface area contributed by atoms with Gasteiger partial charge in [-0.15, -0.1) is 0 Å². The SMILES string of the molecule is CCCCCCCCN[C@@H]1C(CO)O[C@H](O[C@H]2OC(CO)[C@@H](O)C(O)C2O)[C@@H](O)C1O. The van der Waals surface area contributed by atoms with Gasteiger partial charge in [0.15, 0.2) is 12.6 Å². The standard InChI is InChI=1S/C20H39NO10/c1-2-3-4-5-6-7-8-21-13-11(9-22)29-19(17(27)15(13)25)31-20-18(28)16(26)14(24)12(10-23)30-20/h11-28H,2-10H2,1H3/t11?,12?,13-,14-,15?,16?,17+,18?,19-,20-/m1/s1. The molecule has 0 radical (unpaired) electrons. The zero-order valence-corrected chi connectivity index (χ0v) is 18.0. The molecule has 31 heavy (non-hydrogen) atoms. The summed E-state index contributed by atoms with van der Waals surface area (Å²) < 4.78 is 16.2. The van der Waals surface area contributed by atoms with E-state index in [-0.39, 0.29) is 0 Å². The van der Waals surface area contributed by atoms with Gasteiger partial charge in [0.25, 0.3) is 0 Å². The van der Waals surface area contributed by atoms with Crippen molar-refractivity contribution in [2.45, 2.75) is 107 Å². The lowest BCUT2D eigenvalue weighted by Gasteiger charge is -2.45. The molecule has 0 aromatic heterocycles. The molecule has 2 rings (SSSR count). The van der Waals surface area contributed by atoms with Gasteiger partial charge >= 0.3 is 0 Å². The van der Waals surface area contributed by atoms with Crippen LogP contribution in [0.25, 0.3) is 0 Å². The summed E-state index contributed by atoms with van der Waals surface area (Å²) in [4.78, 5) is 0. The zero-order valence-electron chi connectivity index (χ0n) is 18.0. The lowest BCUT2D eigenvalue weighted by atomic mass is 9.95. The van der Waals surface area contributed by atoms with Crippen molar-refractivity contribution in [1.82, 2.24) is 5.32 Å². The maximum absolute atomic E-state index is 10.6. The van der Waals surface area contributed by atoms with Crippen LogP contribution in [0.3, 0.4) is 0 Å². The number of unbranched alkanes of at least 4 members (excludes halogenated alkanes) is 5. The molecule has 0 spiro atoms. The first kappa shape index (κ1) is 26.8. The minimum absolute atomic E-state index is 0.452. The van der Waals surface area contributed by atoms with E-state index in [0.29, 0.717) is 6.54 Å². The number of rotatable bonds is 12. The Morgan fingerprint density at radius 3 is 1.84 bits per heavy atom. The van der Waals surface area contributed by atoms with Crippen molar-refractivity contribution in [3.05, 3.63) is 0 Å². The second kappa shape index (κ2) is 13.3. The third-order valence-corrected chi connectivity index (χ3v) is 5.91. The van der Waals surface area contributed by atoms with Gasteiger partial charge in [0.1, 0.15) is 42.7 Å². The Hall–Kier alpha value is -0.440. The number of ether oxygens (including phenoxy) is 3. The molecule has 184 valence electrons. The van der Waals surface area contributed by atoms with Crippen molar-refractivity contribution >= 4 is 0 Å². The predicted molar refractivity (Wildman–Crippen MR) is 108 cm³/mol. The van der Waals surface area contributed by atoms with Crippen LogP contribution in [0, 0.1) is 0 Å². The molecule has 0 saturated carbocycles. The monoisotopic (exact) mass is 453 g/mol. The first-order valence-corrected chi connectivity index (χ1v) is 11.2. The highest BCUT2D eigenvalue weighted by molar-refractivity contribution is 4.95. The molecule has 2 saturated heterocycles. The molecule has 2 aliphatic heterocycles. The first-order valence-electron chi connectivity index (χ1n) is 11.2. The highest BCUT2D eigenvalue weighted by atomic mass is 16.8. The van der Waals surface area contributed by atoms with E-state index in [1.54, 1.807) is 0 Å². The van der Waals surface area contributed by atoms with Crippen LogP contribution in [-0.2, 0) is 14.2 Å². The molecule has 2 heterocycles. The summed E-state index contributed by atoms with van der Waals surface area (Å²) in [7, 11) is 0.